The van der Waals surface area contributed by atoms with E-state index in [0.717, 1.165) is 138 Å². The molecule has 0 N–H and O–H groups in total. The Kier molecular flexibility index (Phi) is 20.7. The first-order valence-corrected chi connectivity index (χ1v) is 49.0. The van der Waals surface area contributed by atoms with Crippen LogP contribution in [0.5, 0.6) is 0 Å². The van der Waals surface area contributed by atoms with Crippen molar-refractivity contribution in [3.8, 4) is 34.5 Å². The van der Waals surface area contributed by atoms with Crippen molar-refractivity contribution in [2.45, 2.75) is 34.6 Å². The lowest BCUT2D eigenvalue weighted by Gasteiger charge is -2.07. The van der Waals surface area contributed by atoms with Crippen molar-refractivity contribution in [3.63, 3.8) is 0 Å². The molecule has 0 amide bonds. The molecule has 0 unspecified atom stereocenters. The van der Waals surface area contributed by atoms with E-state index in [-0.39, 0.29) is 11.6 Å². The number of rotatable bonds is 5. The summed E-state index contributed by atoms with van der Waals surface area (Å²) < 4.78 is 95.7. The van der Waals surface area contributed by atoms with Crippen LogP contribution in [0.4, 0.5) is 22.0 Å². The van der Waals surface area contributed by atoms with Crippen molar-refractivity contribution in [1.29, 1.82) is 0 Å². The lowest BCUT2D eigenvalue weighted by molar-refractivity contribution is -0.667. The van der Waals surface area contributed by atoms with E-state index >= 15 is 0 Å². The fraction of sp³-hybridized carbons (Fsp3) is 0.0885. The molecule has 28 rings (SSSR count). The van der Waals surface area contributed by atoms with Gasteiger partial charge in [-0.3, -0.25) is 0 Å². The molecule has 0 fully saturated rings. The first kappa shape index (κ1) is 85.3. The van der Waals surface area contributed by atoms with E-state index in [2.05, 4.69) is 317 Å². The maximum Gasteiger partial charge on any atom is 0.305 e. The number of pyridine rings is 5. The Balaban J connectivity index is 0.0000000942. The van der Waals surface area contributed by atoms with Crippen molar-refractivity contribution < 1.29 is 44.8 Å². The summed E-state index contributed by atoms with van der Waals surface area (Å²) in [7, 11) is 10.1. The van der Waals surface area contributed by atoms with E-state index in [0.29, 0.717) is 9.66 Å². The van der Waals surface area contributed by atoms with Gasteiger partial charge in [-0.2, -0.15) is 22.3 Å². The molecule has 11 aromatic carbocycles. The molecule has 15 nitrogen and oxygen atoms in total. The number of fused-ring (bicyclic) bond motifs is 27. The quantitative estimate of drug-likeness (QED) is 0.0963. The third-order valence-electron chi connectivity index (χ3n) is 26.4. The molecule has 17 aromatic heterocycles. The summed E-state index contributed by atoms with van der Waals surface area (Å²) in [6.45, 7) is 10.7. The van der Waals surface area contributed by atoms with Gasteiger partial charge in [0.1, 0.15) is 93.8 Å². The van der Waals surface area contributed by atoms with Gasteiger partial charge in [-0.1, -0.05) is 146 Å². The van der Waals surface area contributed by atoms with Crippen LogP contribution in [-0.2, 0) is 35.2 Å². The molecule has 25 heteroatoms. The second kappa shape index (κ2) is 33.4. The summed E-state index contributed by atoms with van der Waals surface area (Å²) in [4.78, 5) is 28.2. The lowest BCUT2D eigenvalue weighted by Crippen LogP contribution is -2.34. The zero-order valence-electron chi connectivity index (χ0n) is 76.1. The minimum atomic E-state index is -0.470. The number of hydrogen-bond acceptors (Lipinski definition) is 11. The molecule has 0 aliphatic rings. The standard InChI is InChI=1S/C25H18FN2S.2C24H17FN3S.C23H16FN4S.C17H13FN3S/c1-15-6-5-8-19-17-7-3-4-9-21(17)28(23(15)19)25-24-20(12-13-27(25)2)18-11-10-16(26)14-22(18)29-24;1-14-6-5-8-17-16-7-3-4-9-19(16)28(22(14)17)24-23-21(26-13-27(24)2)18-11-10-15(25)12-20(18)29-23;1-14-6-5-8-16-15-7-3-4-9-19(15)28(21(14)16)24-22-17(12-13-27(24)2)18-10-11-20(25)26-23(18)29-22;1-13-6-5-8-15-14-7-3-4-9-17(14)28(20(13)15)23-21-19(25-12-27(23)2)16-10-11-18(24)26-22(16)29-21;1-10-5-3-4-6-11(10)15-16-14(19-9-21(15)2)12-7-8-13(18)20-17(12)22-16/h3-14H,1-2H3;2*3-13H,1-2H3;3-12H,1-2H3;3-9H,1-2H3/q5*+1. The number of benzene rings is 11. The zero-order chi connectivity index (χ0) is 94.1. The van der Waals surface area contributed by atoms with Crippen LogP contribution in [-0.4, -0.2) is 48.2 Å². The number of halogens is 5. The molecule has 668 valence electrons. The second-order valence-corrected chi connectivity index (χ2v) is 40.0. The molecule has 0 saturated heterocycles. The molecule has 0 atom stereocenters. The third kappa shape index (κ3) is 13.7. The van der Waals surface area contributed by atoms with Crippen molar-refractivity contribution in [2.75, 3.05) is 0 Å². The lowest BCUT2D eigenvalue weighted by atomic mass is 10.0. The maximum atomic E-state index is 13.9. The molecule has 0 bridgehead atoms. The van der Waals surface area contributed by atoms with Gasteiger partial charge in [0.25, 0.3) is 18.0 Å². The molecule has 28 aromatic rings. The molecule has 0 aliphatic carbocycles. The maximum absolute atomic E-state index is 13.9. The predicted octanol–water partition coefficient (Wildman–Crippen LogP) is 27.1. The molecule has 17 heterocycles. The number of thiophene rings is 5. The van der Waals surface area contributed by atoms with Gasteiger partial charge in [-0.25, -0.2) is 55.7 Å². The van der Waals surface area contributed by atoms with Crippen LogP contribution >= 0.6 is 56.7 Å². The van der Waals surface area contributed by atoms with E-state index < -0.39 is 17.8 Å². The summed E-state index contributed by atoms with van der Waals surface area (Å²) in [5.74, 6) is 2.48. The van der Waals surface area contributed by atoms with Gasteiger partial charge in [0.2, 0.25) is 36.0 Å². The number of aromatic nitrogens is 15. The summed E-state index contributed by atoms with van der Waals surface area (Å²) >= 11 is 7.76. The number of para-hydroxylation sites is 8. The summed E-state index contributed by atoms with van der Waals surface area (Å²) in [6.07, 6.45) is 9.66. The Bertz CT molecular complexity index is 9050. The van der Waals surface area contributed by atoms with Crippen LogP contribution in [0.2, 0.25) is 0 Å². The second-order valence-electron chi connectivity index (χ2n) is 34.9. The molecule has 0 aliphatic heterocycles. The van der Waals surface area contributed by atoms with Crippen LogP contribution in [0.1, 0.15) is 27.8 Å². The van der Waals surface area contributed by atoms with Crippen molar-refractivity contribution >= 4 is 246 Å². The minimum Gasteiger partial charge on any atom is -0.237 e. The highest BCUT2D eigenvalue weighted by Gasteiger charge is 2.33. The monoisotopic (exact) mass is 1900 g/mol. The summed E-state index contributed by atoms with van der Waals surface area (Å²) in [5, 5.41) is 17.0. The van der Waals surface area contributed by atoms with Crippen molar-refractivity contribution in [2.24, 2.45) is 35.2 Å². The van der Waals surface area contributed by atoms with Gasteiger partial charge in [-0.05, 0) is 201 Å². The van der Waals surface area contributed by atoms with Gasteiger partial charge >= 0.3 is 11.6 Å². The molecule has 0 saturated carbocycles. The normalized spacial score (nSPS) is 11.9. The average molecular weight is 1900 g/mol. The predicted molar refractivity (Wildman–Crippen MR) is 556 cm³/mol. The fourth-order valence-electron chi connectivity index (χ4n) is 20.3. The molecule has 0 radical (unpaired) electrons. The van der Waals surface area contributed by atoms with Gasteiger partial charge in [0.05, 0.1) is 58.4 Å². The van der Waals surface area contributed by atoms with Gasteiger partial charge < -0.3 is 0 Å². The van der Waals surface area contributed by atoms with E-state index in [1.54, 1.807) is 70.7 Å². The Morgan fingerprint density at radius 3 is 1.01 bits per heavy atom. The van der Waals surface area contributed by atoms with E-state index in [1.807, 2.05) is 73.3 Å². The minimum absolute atomic E-state index is 0.192. The third-order valence-corrected chi connectivity index (χ3v) is 32.0. The van der Waals surface area contributed by atoms with Gasteiger partial charge in [-0.15, -0.1) is 66.7 Å². The fourth-order valence-corrected chi connectivity index (χ4v) is 26.4. The largest absolute Gasteiger partial charge is 0.305 e. The average Bonchev–Trinajstić information content (AvgIpc) is 1.57. The smallest absolute Gasteiger partial charge is 0.237 e. The van der Waals surface area contributed by atoms with E-state index in [9.17, 15) is 22.0 Å². The van der Waals surface area contributed by atoms with Crippen molar-refractivity contribution in [3.05, 3.63) is 368 Å². The molecular formula is C113H81F5N15S5+5. The van der Waals surface area contributed by atoms with Crippen molar-refractivity contribution in [1.82, 2.24) is 48.2 Å². The topological polar surface area (TPSA) is 116 Å². The summed E-state index contributed by atoms with van der Waals surface area (Å²) in [5.41, 5.74) is 20.4. The number of nitrogens with zero attached hydrogens (tertiary/aromatic N) is 15. The van der Waals surface area contributed by atoms with Crippen LogP contribution in [0.25, 0.3) is 223 Å². The van der Waals surface area contributed by atoms with E-state index in [4.69, 9.17) is 0 Å². The van der Waals surface area contributed by atoms with Crippen LogP contribution < -0.4 is 22.8 Å². The zero-order valence-corrected chi connectivity index (χ0v) is 80.2. The van der Waals surface area contributed by atoms with Gasteiger partial charge in [0.15, 0.2) is 16.7 Å². The molecule has 0 spiro atoms. The summed E-state index contributed by atoms with van der Waals surface area (Å²) in [6, 6.07) is 91.8. The van der Waals surface area contributed by atoms with Crippen LogP contribution in [0.15, 0.2) is 310 Å². The van der Waals surface area contributed by atoms with Crippen LogP contribution in [0.3, 0.4) is 0 Å². The Morgan fingerprint density at radius 2 is 0.558 bits per heavy atom. The molecular weight excluding hydrogens is 1820 g/mol. The number of aryl methyl sites for hydroxylation is 10. The highest BCUT2D eigenvalue weighted by molar-refractivity contribution is 7.27. The first-order valence-electron chi connectivity index (χ1n) is 44.9. The first-order chi connectivity index (χ1) is 67.2. The molecule has 138 heavy (non-hydrogen) atoms. The highest BCUT2D eigenvalue weighted by Crippen LogP contribution is 2.47. The van der Waals surface area contributed by atoms with Crippen LogP contribution in [0, 0.1) is 64.1 Å². The van der Waals surface area contributed by atoms with E-state index in [1.165, 1.54) is 150 Å². The SMILES string of the molecule is Cc1cccc2c3ccccc3n(-c3c4sc5cc(F)ccc5c4cc[n+]3C)c12.Cc1cccc2c3ccccc3n(-c3c4sc5cc(F)ccc5c4nc[n+]3C)c12.Cc1cccc2c3ccccc3n(-c3c4sc5nc(F)ccc5c4cc[n+]3C)c12.Cc1cccc2c3ccccc3n(-c3c4sc5nc(F)ccc5c4nc[n+]3C)c12.Cc1ccccc1-c1c2sc3nc(F)ccc3c2nc[n+]1C. The Hall–Kier alpha value is -15.6. The Morgan fingerprint density at radius 1 is 0.246 bits per heavy atom. The number of hydrogen-bond donors (Lipinski definition) is 0. The van der Waals surface area contributed by atoms with Gasteiger partial charge in [0, 0.05) is 85.0 Å². The Labute approximate surface area is 804 Å². The highest BCUT2D eigenvalue weighted by atomic mass is 32.1.